The van der Waals surface area contributed by atoms with E-state index in [4.69, 9.17) is 0 Å². The Hall–Kier alpha value is -1.09. The van der Waals surface area contributed by atoms with Crippen molar-refractivity contribution >= 4 is 11.3 Å². The fraction of sp³-hybridized carbons (Fsp3) is 0.417. The van der Waals surface area contributed by atoms with E-state index in [0.29, 0.717) is 0 Å². The van der Waals surface area contributed by atoms with Gasteiger partial charge in [0.15, 0.2) is 0 Å². The molecule has 0 amide bonds. The summed E-state index contributed by atoms with van der Waals surface area (Å²) in [7, 11) is 2.01. The molecule has 3 heteroatoms. The molecule has 0 unspecified atom stereocenters. The van der Waals surface area contributed by atoms with Gasteiger partial charge in [-0.15, -0.1) is 0 Å². The number of hydrogen-bond acceptors (Lipinski definition) is 2. The first-order valence-electron chi connectivity index (χ1n) is 5.05. The van der Waals surface area contributed by atoms with Gasteiger partial charge in [-0.1, -0.05) is 20.8 Å². The summed E-state index contributed by atoms with van der Waals surface area (Å²) in [4.78, 5) is 0. The Morgan fingerprint density at radius 2 is 2.07 bits per heavy atom. The number of aryl methyl sites for hydroxylation is 1. The molecular weight excluding hydrogens is 204 g/mol. The molecule has 0 radical (unpaired) electrons. The Morgan fingerprint density at radius 3 is 2.60 bits per heavy atom. The maximum Gasteiger partial charge on any atom is 0.0571 e. The molecule has 0 saturated carbocycles. The van der Waals surface area contributed by atoms with Crippen molar-refractivity contribution in [3.05, 3.63) is 28.7 Å². The molecule has 2 rings (SSSR count). The third-order valence-electron chi connectivity index (χ3n) is 2.48. The molecule has 0 aromatic carbocycles. The Labute approximate surface area is 94.6 Å². The van der Waals surface area contributed by atoms with Gasteiger partial charge in [-0.25, -0.2) is 0 Å². The molecule has 0 fully saturated rings. The van der Waals surface area contributed by atoms with E-state index in [9.17, 15) is 0 Å². The lowest BCUT2D eigenvalue weighted by Crippen LogP contribution is -2.17. The average Bonchev–Trinajstić information content (AvgIpc) is 2.68. The zero-order chi connectivity index (χ0) is 11.1. The van der Waals surface area contributed by atoms with Crippen molar-refractivity contribution in [2.24, 2.45) is 7.05 Å². The van der Waals surface area contributed by atoms with E-state index in [-0.39, 0.29) is 5.41 Å². The van der Waals surface area contributed by atoms with Gasteiger partial charge in [-0.2, -0.15) is 16.4 Å². The van der Waals surface area contributed by atoms with E-state index in [1.807, 2.05) is 17.9 Å². The van der Waals surface area contributed by atoms with Crippen LogP contribution in [0.4, 0.5) is 0 Å². The number of thiophene rings is 1. The van der Waals surface area contributed by atoms with Crippen molar-refractivity contribution in [1.29, 1.82) is 0 Å². The standard InChI is InChI=1S/C12H16N2S/c1-12(2,3)11-10(7-13-14(11)4)9-5-6-15-8-9/h5-8H,1-4H3. The fourth-order valence-electron chi connectivity index (χ4n) is 1.96. The van der Waals surface area contributed by atoms with Crippen LogP contribution in [0.5, 0.6) is 0 Å². The van der Waals surface area contributed by atoms with Gasteiger partial charge in [-0.05, 0) is 22.4 Å². The number of rotatable bonds is 1. The first kappa shape index (κ1) is 10.4. The average molecular weight is 220 g/mol. The fourth-order valence-corrected chi connectivity index (χ4v) is 2.61. The van der Waals surface area contributed by atoms with Gasteiger partial charge < -0.3 is 0 Å². The minimum absolute atomic E-state index is 0.127. The van der Waals surface area contributed by atoms with Gasteiger partial charge in [0, 0.05) is 18.0 Å². The smallest absolute Gasteiger partial charge is 0.0571 e. The molecule has 2 aromatic rings. The molecule has 0 atom stereocenters. The van der Waals surface area contributed by atoms with Gasteiger partial charge in [0.1, 0.15) is 0 Å². The van der Waals surface area contributed by atoms with E-state index in [2.05, 4.69) is 42.7 Å². The minimum atomic E-state index is 0.127. The third-order valence-corrected chi connectivity index (χ3v) is 3.16. The van der Waals surface area contributed by atoms with Crippen LogP contribution >= 0.6 is 11.3 Å². The maximum atomic E-state index is 4.36. The summed E-state index contributed by atoms with van der Waals surface area (Å²) < 4.78 is 1.98. The minimum Gasteiger partial charge on any atom is -0.271 e. The molecule has 0 bridgehead atoms. The monoisotopic (exact) mass is 220 g/mol. The SMILES string of the molecule is Cn1ncc(-c2ccsc2)c1C(C)(C)C. The molecule has 0 aliphatic rings. The highest BCUT2D eigenvalue weighted by Crippen LogP contribution is 2.33. The molecule has 2 heterocycles. The van der Waals surface area contributed by atoms with Gasteiger partial charge in [0.25, 0.3) is 0 Å². The van der Waals surface area contributed by atoms with Gasteiger partial charge in [-0.3, -0.25) is 4.68 Å². The molecule has 0 spiro atoms. The summed E-state index contributed by atoms with van der Waals surface area (Å²) in [6, 6.07) is 2.15. The Balaban J connectivity index is 2.59. The second-order valence-corrected chi connectivity index (χ2v) is 5.57. The maximum absolute atomic E-state index is 4.36. The second kappa shape index (κ2) is 3.49. The molecule has 0 saturated heterocycles. The highest BCUT2D eigenvalue weighted by atomic mass is 32.1. The van der Waals surface area contributed by atoms with Crippen molar-refractivity contribution in [2.75, 3.05) is 0 Å². The lowest BCUT2D eigenvalue weighted by atomic mass is 9.88. The van der Waals surface area contributed by atoms with Crippen LogP contribution in [-0.4, -0.2) is 9.78 Å². The van der Waals surface area contributed by atoms with Crippen LogP contribution in [0.15, 0.2) is 23.0 Å². The van der Waals surface area contributed by atoms with Crippen LogP contribution in [0.2, 0.25) is 0 Å². The first-order valence-corrected chi connectivity index (χ1v) is 5.99. The van der Waals surface area contributed by atoms with Crippen molar-refractivity contribution < 1.29 is 0 Å². The molecule has 0 aliphatic carbocycles. The van der Waals surface area contributed by atoms with Gasteiger partial charge in [0.05, 0.1) is 11.9 Å². The molecule has 15 heavy (non-hydrogen) atoms. The molecular formula is C12H16N2S. The lowest BCUT2D eigenvalue weighted by Gasteiger charge is -2.20. The summed E-state index contributed by atoms with van der Waals surface area (Å²) in [6.45, 7) is 6.67. The summed E-state index contributed by atoms with van der Waals surface area (Å²) in [5, 5.41) is 8.64. The van der Waals surface area contributed by atoms with Crippen molar-refractivity contribution in [3.63, 3.8) is 0 Å². The molecule has 2 aromatic heterocycles. The largest absolute Gasteiger partial charge is 0.271 e. The van der Waals surface area contributed by atoms with E-state index < -0.39 is 0 Å². The van der Waals surface area contributed by atoms with Crippen LogP contribution in [0.25, 0.3) is 11.1 Å². The van der Waals surface area contributed by atoms with E-state index >= 15 is 0 Å². The molecule has 0 aliphatic heterocycles. The quantitative estimate of drug-likeness (QED) is 0.719. The predicted octanol–water partition coefficient (Wildman–Crippen LogP) is 3.45. The third kappa shape index (κ3) is 1.84. The predicted molar refractivity (Wildman–Crippen MR) is 65.2 cm³/mol. The molecule has 80 valence electrons. The lowest BCUT2D eigenvalue weighted by molar-refractivity contribution is 0.524. The summed E-state index contributed by atoms with van der Waals surface area (Å²) in [5.74, 6) is 0. The zero-order valence-corrected chi connectivity index (χ0v) is 10.4. The van der Waals surface area contributed by atoms with E-state index in [0.717, 1.165) is 0 Å². The van der Waals surface area contributed by atoms with Crippen LogP contribution in [0, 0.1) is 0 Å². The highest BCUT2D eigenvalue weighted by molar-refractivity contribution is 7.08. The Bertz CT molecular complexity index is 446. The molecule has 0 N–H and O–H groups in total. The van der Waals surface area contributed by atoms with Crippen molar-refractivity contribution in [1.82, 2.24) is 9.78 Å². The van der Waals surface area contributed by atoms with Crippen LogP contribution in [0.3, 0.4) is 0 Å². The number of nitrogens with zero attached hydrogens (tertiary/aromatic N) is 2. The van der Waals surface area contributed by atoms with E-state index in [1.54, 1.807) is 11.3 Å². The van der Waals surface area contributed by atoms with Crippen molar-refractivity contribution in [3.8, 4) is 11.1 Å². The van der Waals surface area contributed by atoms with Gasteiger partial charge >= 0.3 is 0 Å². The van der Waals surface area contributed by atoms with Crippen LogP contribution in [0.1, 0.15) is 26.5 Å². The summed E-state index contributed by atoms with van der Waals surface area (Å²) in [5.41, 5.74) is 3.95. The Morgan fingerprint density at radius 1 is 1.33 bits per heavy atom. The van der Waals surface area contributed by atoms with Crippen molar-refractivity contribution in [2.45, 2.75) is 26.2 Å². The highest BCUT2D eigenvalue weighted by Gasteiger charge is 2.23. The van der Waals surface area contributed by atoms with Gasteiger partial charge in [0.2, 0.25) is 0 Å². The first-order chi connectivity index (χ1) is 7.00. The number of hydrogen-bond donors (Lipinski definition) is 0. The summed E-state index contributed by atoms with van der Waals surface area (Å²) >= 11 is 1.73. The second-order valence-electron chi connectivity index (χ2n) is 4.79. The topological polar surface area (TPSA) is 17.8 Å². The summed E-state index contributed by atoms with van der Waals surface area (Å²) in [6.07, 6.45) is 1.96. The number of aromatic nitrogens is 2. The van der Waals surface area contributed by atoms with Crippen LogP contribution < -0.4 is 0 Å². The normalized spacial score (nSPS) is 12.0. The zero-order valence-electron chi connectivity index (χ0n) is 9.61. The van der Waals surface area contributed by atoms with E-state index in [1.165, 1.54) is 16.8 Å². The van der Waals surface area contributed by atoms with Crippen LogP contribution in [-0.2, 0) is 12.5 Å². The molecule has 2 nitrogen and oxygen atoms in total. The Kier molecular flexibility index (Phi) is 2.43.